The zero-order valence-corrected chi connectivity index (χ0v) is 15.5. The van der Waals surface area contributed by atoms with Crippen LogP contribution < -0.4 is 21.3 Å². The maximum Gasteiger partial charge on any atom is 0.332 e. The van der Waals surface area contributed by atoms with E-state index >= 15 is 0 Å². The molecule has 27 heavy (non-hydrogen) atoms. The van der Waals surface area contributed by atoms with Gasteiger partial charge in [-0.05, 0) is 32.0 Å². The molecule has 0 spiro atoms. The predicted octanol–water partition coefficient (Wildman–Crippen LogP) is 1.35. The number of aromatic nitrogens is 3. The first kappa shape index (κ1) is 18.4. The molecule has 0 fully saturated rings. The second kappa shape index (κ2) is 7.06. The first-order valence-corrected chi connectivity index (χ1v) is 8.38. The molecule has 140 valence electrons. The molecule has 1 atom stereocenters. The standard InChI is InChI=1S/C19H20N4O4/c1-11-5-7-14(8-6-11)27-12(2)17(24)21-13-9-15-16(20-10-13)22(3)19(26)23(4)18(15)25/h5-10,12H,1-4H3,(H,21,24). The Kier molecular flexibility index (Phi) is 4.81. The van der Waals surface area contributed by atoms with Crippen LogP contribution in [0.25, 0.3) is 11.0 Å². The van der Waals surface area contributed by atoms with E-state index < -0.39 is 17.4 Å². The van der Waals surface area contributed by atoms with Crippen LogP contribution in [-0.2, 0) is 18.9 Å². The number of amides is 1. The van der Waals surface area contributed by atoms with Gasteiger partial charge in [0, 0.05) is 14.1 Å². The van der Waals surface area contributed by atoms with Crippen LogP contribution in [0.1, 0.15) is 12.5 Å². The molecule has 0 bridgehead atoms. The van der Waals surface area contributed by atoms with Gasteiger partial charge in [-0.25, -0.2) is 9.78 Å². The van der Waals surface area contributed by atoms with Crippen LogP contribution in [0.5, 0.6) is 5.75 Å². The van der Waals surface area contributed by atoms with Gasteiger partial charge in [-0.15, -0.1) is 0 Å². The molecule has 3 rings (SSSR count). The molecule has 3 aromatic rings. The lowest BCUT2D eigenvalue weighted by Gasteiger charge is -2.15. The number of benzene rings is 1. The SMILES string of the molecule is Cc1ccc(OC(C)C(=O)Nc2cnc3c(c2)c(=O)n(C)c(=O)n3C)cc1. The van der Waals surface area contributed by atoms with Crippen molar-refractivity contribution >= 4 is 22.6 Å². The third-order valence-electron chi connectivity index (χ3n) is 4.26. The van der Waals surface area contributed by atoms with Crippen molar-refractivity contribution in [2.24, 2.45) is 14.1 Å². The van der Waals surface area contributed by atoms with Crippen molar-refractivity contribution < 1.29 is 9.53 Å². The summed E-state index contributed by atoms with van der Waals surface area (Å²) >= 11 is 0. The highest BCUT2D eigenvalue weighted by molar-refractivity contribution is 5.95. The number of aryl methyl sites for hydroxylation is 2. The largest absolute Gasteiger partial charge is 0.481 e. The maximum absolute atomic E-state index is 12.4. The van der Waals surface area contributed by atoms with E-state index in [1.165, 1.54) is 30.9 Å². The summed E-state index contributed by atoms with van der Waals surface area (Å²) < 4.78 is 7.91. The predicted molar refractivity (Wildman–Crippen MR) is 102 cm³/mol. The summed E-state index contributed by atoms with van der Waals surface area (Å²) in [5.41, 5.74) is 0.767. The number of rotatable bonds is 4. The lowest BCUT2D eigenvalue weighted by Crippen LogP contribution is -2.37. The Hall–Kier alpha value is -3.42. The van der Waals surface area contributed by atoms with Crippen LogP contribution >= 0.6 is 0 Å². The van der Waals surface area contributed by atoms with Crippen LogP contribution in [0, 0.1) is 6.92 Å². The molecule has 0 aliphatic rings. The van der Waals surface area contributed by atoms with Crippen molar-refractivity contribution in [1.29, 1.82) is 0 Å². The summed E-state index contributed by atoms with van der Waals surface area (Å²) in [6.45, 7) is 3.60. The number of hydrogen-bond donors (Lipinski definition) is 1. The highest BCUT2D eigenvalue weighted by atomic mass is 16.5. The minimum absolute atomic E-state index is 0.240. The quantitative estimate of drug-likeness (QED) is 0.750. The molecular formula is C19H20N4O4. The van der Waals surface area contributed by atoms with E-state index in [-0.39, 0.29) is 16.9 Å². The van der Waals surface area contributed by atoms with Crippen LogP contribution in [-0.4, -0.2) is 26.1 Å². The number of anilines is 1. The van der Waals surface area contributed by atoms with Crippen molar-refractivity contribution in [2.45, 2.75) is 20.0 Å². The van der Waals surface area contributed by atoms with Crippen molar-refractivity contribution in [3.05, 3.63) is 62.9 Å². The summed E-state index contributed by atoms with van der Waals surface area (Å²) in [4.78, 5) is 40.8. The van der Waals surface area contributed by atoms with Gasteiger partial charge in [-0.2, -0.15) is 0 Å². The van der Waals surface area contributed by atoms with E-state index in [1.807, 2.05) is 19.1 Å². The van der Waals surface area contributed by atoms with E-state index in [2.05, 4.69) is 10.3 Å². The van der Waals surface area contributed by atoms with Crippen LogP contribution in [0.15, 0.2) is 46.1 Å². The Labute approximate surface area is 155 Å². The highest BCUT2D eigenvalue weighted by Gasteiger charge is 2.16. The van der Waals surface area contributed by atoms with Crippen molar-refractivity contribution in [2.75, 3.05) is 5.32 Å². The molecule has 1 unspecified atom stereocenters. The van der Waals surface area contributed by atoms with Crippen LogP contribution in [0.4, 0.5) is 5.69 Å². The monoisotopic (exact) mass is 368 g/mol. The third kappa shape index (κ3) is 3.59. The van der Waals surface area contributed by atoms with Gasteiger partial charge in [-0.1, -0.05) is 17.7 Å². The molecule has 0 radical (unpaired) electrons. The number of carbonyl (C=O) groups excluding carboxylic acids is 1. The average Bonchev–Trinajstić information content (AvgIpc) is 2.66. The molecule has 8 heteroatoms. The van der Waals surface area contributed by atoms with Gasteiger partial charge in [-0.3, -0.25) is 18.7 Å². The van der Waals surface area contributed by atoms with E-state index in [0.717, 1.165) is 10.1 Å². The number of nitrogens with zero attached hydrogens (tertiary/aromatic N) is 3. The molecule has 2 heterocycles. The normalized spacial score (nSPS) is 12.0. The van der Waals surface area contributed by atoms with E-state index in [9.17, 15) is 14.4 Å². The second-order valence-corrected chi connectivity index (χ2v) is 6.36. The van der Waals surface area contributed by atoms with Gasteiger partial charge in [0.2, 0.25) is 0 Å². The Morgan fingerprint density at radius 3 is 2.48 bits per heavy atom. The number of fused-ring (bicyclic) bond motifs is 1. The van der Waals surface area contributed by atoms with E-state index in [1.54, 1.807) is 19.1 Å². The van der Waals surface area contributed by atoms with Gasteiger partial charge in [0.05, 0.1) is 17.3 Å². The Morgan fingerprint density at radius 1 is 1.15 bits per heavy atom. The van der Waals surface area contributed by atoms with Gasteiger partial charge < -0.3 is 10.1 Å². The minimum atomic E-state index is -0.744. The van der Waals surface area contributed by atoms with E-state index in [4.69, 9.17) is 4.74 Å². The molecule has 2 aromatic heterocycles. The molecular weight excluding hydrogens is 348 g/mol. The lowest BCUT2D eigenvalue weighted by molar-refractivity contribution is -0.122. The smallest absolute Gasteiger partial charge is 0.332 e. The van der Waals surface area contributed by atoms with Gasteiger partial charge in [0.25, 0.3) is 11.5 Å². The zero-order valence-electron chi connectivity index (χ0n) is 15.5. The third-order valence-corrected chi connectivity index (χ3v) is 4.26. The Balaban J connectivity index is 1.83. The number of hydrogen-bond acceptors (Lipinski definition) is 5. The maximum atomic E-state index is 12.4. The number of ether oxygens (including phenoxy) is 1. The topological polar surface area (TPSA) is 95.2 Å². The van der Waals surface area contributed by atoms with Gasteiger partial charge in [0.15, 0.2) is 6.10 Å². The molecule has 1 aromatic carbocycles. The Morgan fingerprint density at radius 2 is 1.81 bits per heavy atom. The van der Waals surface area contributed by atoms with Gasteiger partial charge >= 0.3 is 5.69 Å². The molecule has 8 nitrogen and oxygen atoms in total. The fraction of sp³-hybridized carbons (Fsp3) is 0.263. The number of nitrogens with one attached hydrogen (secondary N) is 1. The second-order valence-electron chi connectivity index (χ2n) is 6.36. The lowest BCUT2D eigenvalue weighted by atomic mass is 10.2. The number of pyridine rings is 1. The molecule has 0 aliphatic heterocycles. The summed E-state index contributed by atoms with van der Waals surface area (Å²) in [5.74, 6) is 0.210. The fourth-order valence-electron chi connectivity index (χ4n) is 2.65. The summed E-state index contributed by atoms with van der Waals surface area (Å²) in [7, 11) is 2.93. The van der Waals surface area contributed by atoms with Crippen molar-refractivity contribution in [3.63, 3.8) is 0 Å². The summed E-state index contributed by atoms with van der Waals surface area (Å²) in [6, 6.07) is 8.88. The molecule has 1 N–H and O–H groups in total. The minimum Gasteiger partial charge on any atom is -0.481 e. The van der Waals surface area contributed by atoms with Crippen molar-refractivity contribution in [1.82, 2.24) is 14.1 Å². The van der Waals surface area contributed by atoms with Crippen molar-refractivity contribution in [3.8, 4) is 5.75 Å². The first-order chi connectivity index (χ1) is 12.8. The average molecular weight is 368 g/mol. The molecule has 1 amide bonds. The zero-order chi connectivity index (χ0) is 19.7. The number of carbonyl (C=O) groups is 1. The first-order valence-electron chi connectivity index (χ1n) is 8.38. The van der Waals surface area contributed by atoms with E-state index in [0.29, 0.717) is 11.4 Å². The van der Waals surface area contributed by atoms with Crippen LogP contribution in [0.3, 0.4) is 0 Å². The summed E-state index contributed by atoms with van der Waals surface area (Å²) in [6.07, 6.45) is 0.656. The Bertz CT molecular complexity index is 1130. The van der Waals surface area contributed by atoms with Crippen LogP contribution in [0.2, 0.25) is 0 Å². The fourth-order valence-corrected chi connectivity index (χ4v) is 2.65. The highest BCUT2D eigenvalue weighted by Crippen LogP contribution is 2.15. The molecule has 0 saturated carbocycles. The summed E-state index contributed by atoms with van der Waals surface area (Å²) in [5, 5.41) is 2.92. The molecule has 0 saturated heterocycles. The van der Waals surface area contributed by atoms with Gasteiger partial charge in [0.1, 0.15) is 11.4 Å². The molecule has 0 aliphatic carbocycles.